The van der Waals surface area contributed by atoms with Crippen LogP contribution in [0.4, 0.5) is 0 Å². The van der Waals surface area contributed by atoms with Gasteiger partial charge in [0.25, 0.3) is 0 Å². The van der Waals surface area contributed by atoms with Crippen molar-refractivity contribution in [3.8, 4) is 28.1 Å². The fourth-order valence-corrected chi connectivity index (χ4v) is 6.47. The van der Waals surface area contributed by atoms with Crippen molar-refractivity contribution in [2.45, 2.75) is 0 Å². The van der Waals surface area contributed by atoms with Gasteiger partial charge in [0.2, 0.25) is 0 Å². The van der Waals surface area contributed by atoms with Gasteiger partial charge in [-0.05, 0) is 71.8 Å². The van der Waals surface area contributed by atoms with E-state index < -0.39 is 0 Å². The van der Waals surface area contributed by atoms with Gasteiger partial charge >= 0.3 is 0 Å². The minimum Gasteiger partial charge on any atom is -0.355 e. The molecule has 1 N–H and O–H groups in total. The van der Waals surface area contributed by atoms with Gasteiger partial charge < -0.3 is 9.55 Å². The molecule has 0 spiro atoms. The standard InChI is InChI=1S/C39H25N3/c1-4-10-34-25(7-1)15-20-35(40-34)26-13-18-29(19-14-26)42-38-12-6-3-9-31(38)33-24-28(17-22-39(33)42)27-16-21-37-32(23-27)30-8-2-5-11-36(30)41-37/h1-24,41H. The number of aromatic nitrogens is 3. The smallest absolute Gasteiger partial charge is 0.0709 e. The molecule has 3 heteroatoms. The summed E-state index contributed by atoms with van der Waals surface area (Å²) >= 11 is 0. The Morgan fingerprint density at radius 3 is 2.02 bits per heavy atom. The zero-order valence-corrected chi connectivity index (χ0v) is 22.8. The molecule has 0 fully saturated rings. The SMILES string of the molecule is c1ccc2nc(-c3ccc(-n4c5ccccc5c5cc(-c6ccc7[nH]c8ccccc8c7c6)ccc54)cc3)ccc2c1. The van der Waals surface area contributed by atoms with E-state index >= 15 is 0 Å². The van der Waals surface area contributed by atoms with Crippen LogP contribution < -0.4 is 0 Å². The molecule has 9 aromatic rings. The highest BCUT2D eigenvalue weighted by Gasteiger charge is 2.14. The maximum absolute atomic E-state index is 4.90. The second-order valence-electron chi connectivity index (χ2n) is 11.0. The molecule has 0 amide bonds. The number of pyridine rings is 1. The molecule has 3 aromatic heterocycles. The third kappa shape index (κ3) is 3.50. The summed E-state index contributed by atoms with van der Waals surface area (Å²) in [6.07, 6.45) is 0. The zero-order chi connectivity index (χ0) is 27.6. The van der Waals surface area contributed by atoms with E-state index in [2.05, 4.69) is 149 Å². The summed E-state index contributed by atoms with van der Waals surface area (Å²) in [6, 6.07) is 52.1. The predicted octanol–water partition coefficient (Wildman–Crippen LogP) is 10.3. The van der Waals surface area contributed by atoms with Crippen LogP contribution in [0.25, 0.3) is 82.6 Å². The van der Waals surface area contributed by atoms with Crippen molar-refractivity contribution in [3.63, 3.8) is 0 Å². The third-order valence-corrected chi connectivity index (χ3v) is 8.53. The molecule has 0 bridgehead atoms. The predicted molar refractivity (Wildman–Crippen MR) is 176 cm³/mol. The molecular weight excluding hydrogens is 510 g/mol. The third-order valence-electron chi connectivity index (χ3n) is 8.53. The molecule has 0 aliphatic carbocycles. The maximum atomic E-state index is 4.90. The largest absolute Gasteiger partial charge is 0.355 e. The number of hydrogen-bond donors (Lipinski definition) is 1. The molecule has 42 heavy (non-hydrogen) atoms. The van der Waals surface area contributed by atoms with Crippen LogP contribution in [0.5, 0.6) is 0 Å². The first-order chi connectivity index (χ1) is 20.8. The van der Waals surface area contributed by atoms with Crippen molar-refractivity contribution in [1.82, 2.24) is 14.5 Å². The molecule has 0 unspecified atom stereocenters. The van der Waals surface area contributed by atoms with Crippen LogP contribution in [-0.4, -0.2) is 14.5 Å². The zero-order valence-electron chi connectivity index (χ0n) is 22.8. The lowest BCUT2D eigenvalue weighted by Crippen LogP contribution is -1.94. The maximum Gasteiger partial charge on any atom is 0.0709 e. The highest BCUT2D eigenvalue weighted by molar-refractivity contribution is 6.11. The highest BCUT2D eigenvalue weighted by Crippen LogP contribution is 2.37. The summed E-state index contributed by atoms with van der Waals surface area (Å²) in [5, 5.41) is 6.18. The summed E-state index contributed by atoms with van der Waals surface area (Å²) in [7, 11) is 0. The number of hydrogen-bond acceptors (Lipinski definition) is 1. The number of H-pyrrole nitrogens is 1. The first-order valence-corrected chi connectivity index (χ1v) is 14.3. The van der Waals surface area contributed by atoms with E-state index in [1.165, 1.54) is 54.7 Å². The van der Waals surface area contributed by atoms with E-state index in [9.17, 15) is 0 Å². The van der Waals surface area contributed by atoms with E-state index in [1.54, 1.807) is 0 Å². The molecule has 0 saturated heterocycles. The van der Waals surface area contributed by atoms with Crippen LogP contribution >= 0.6 is 0 Å². The summed E-state index contributed by atoms with van der Waals surface area (Å²) in [4.78, 5) is 8.45. The summed E-state index contributed by atoms with van der Waals surface area (Å²) in [6.45, 7) is 0. The molecule has 196 valence electrons. The second-order valence-corrected chi connectivity index (χ2v) is 11.0. The second kappa shape index (κ2) is 8.92. The van der Waals surface area contributed by atoms with Gasteiger partial charge in [0.1, 0.15) is 0 Å². The van der Waals surface area contributed by atoms with Crippen LogP contribution in [0.1, 0.15) is 0 Å². The monoisotopic (exact) mass is 535 g/mol. The Labute approximate surface area is 242 Å². The lowest BCUT2D eigenvalue weighted by atomic mass is 10.0. The van der Waals surface area contributed by atoms with E-state index in [-0.39, 0.29) is 0 Å². The van der Waals surface area contributed by atoms with Crippen LogP contribution in [0, 0.1) is 0 Å². The quantitative estimate of drug-likeness (QED) is 0.240. The van der Waals surface area contributed by atoms with Crippen molar-refractivity contribution in [2.75, 3.05) is 0 Å². The van der Waals surface area contributed by atoms with Crippen molar-refractivity contribution < 1.29 is 0 Å². The fraction of sp³-hybridized carbons (Fsp3) is 0. The highest BCUT2D eigenvalue weighted by atomic mass is 15.0. The van der Waals surface area contributed by atoms with Gasteiger partial charge in [-0.15, -0.1) is 0 Å². The van der Waals surface area contributed by atoms with Crippen LogP contribution in [0.15, 0.2) is 146 Å². The number of para-hydroxylation sites is 3. The molecule has 0 aliphatic rings. The minimum atomic E-state index is 0.985. The lowest BCUT2D eigenvalue weighted by molar-refractivity contribution is 1.18. The molecule has 3 nitrogen and oxygen atoms in total. The Kier molecular flexibility index (Phi) is 4.90. The summed E-state index contributed by atoms with van der Waals surface area (Å²) in [5.41, 5.74) is 11.4. The number of nitrogens with one attached hydrogen (secondary N) is 1. The van der Waals surface area contributed by atoms with Crippen LogP contribution in [0.3, 0.4) is 0 Å². The first-order valence-electron chi connectivity index (χ1n) is 14.3. The van der Waals surface area contributed by atoms with Gasteiger partial charge in [-0.25, -0.2) is 4.98 Å². The van der Waals surface area contributed by atoms with Crippen LogP contribution in [-0.2, 0) is 0 Å². The van der Waals surface area contributed by atoms with Gasteiger partial charge in [0, 0.05) is 49.2 Å². The van der Waals surface area contributed by atoms with Crippen molar-refractivity contribution in [2.24, 2.45) is 0 Å². The van der Waals surface area contributed by atoms with Crippen molar-refractivity contribution >= 4 is 54.5 Å². The molecule has 6 aromatic carbocycles. The Balaban J connectivity index is 1.17. The van der Waals surface area contributed by atoms with E-state index in [0.717, 1.165) is 27.8 Å². The van der Waals surface area contributed by atoms with E-state index in [4.69, 9.17) is 4.98 Å². The van der Waals surface area contributed by atoms with Gasteiger partial charge in [-0.3, -0.25) is 0 Å². The molecule has 9 rings (SSSR count). The lowest BCUT2D eigenvalue weighted by Gasteiger charge is -2.10. The van der Waals surface area contributed by atoms with Crippen LogP contribution in [0.2, 0.25) is 0 Å². The number of fused-ring (bicyclic) bond motifs is 7. The van der Waals surface area contributed by atoms with Crippen molar-refractivity contribution in [3.05, 3.63) is 146 Å². The minimum absolute atomic E-state index is 0.985. The number of nitrogens with zero attached hydrogens (tertiary/aromatic N) is 2. The van der Waals surface area contributed by atoms with Gasteiger partial charge in [0.05, 0.1) is 22.2 Å². The molecular formula is C39H25N3. The Morgan fingerprint density at radius 1 is 0.452 bits per heavy atom. The summed E-state index contributed by atoms with van der Waals surface area (Å²) in [5.74, 6) is 0. The Bertz CT molecular complexity index is 2460. The number of benzene rings is 6. The number of aromatic amines is 1. The topological polar surface area (TPSA) is 33.6 Å². The molecule has 0 saturated carbocycles. The molecule has 0 aliphatic heterocycles. The normalized spacial score (nSPS) is 11.8. The average molecular weight is 536 g/mol. The molecule has 0 atom stereocenters. The first kappa shape index (κ1) is 23.1. The van der Waals surface area contributed by atoms with Gasteiger partial charge in [0.15, 0.2) is 0 Å². The molecule has 0 radical (unpaired) electrons. The molecule has 3 heterocycles. The van der Waals surface area contributed by atoms with E-state index in [0.29, 0.717) is 0 Å². The van der Waals surface area contributed by atoms with Gasteiger partial charge in [-0.2, -0.15) is 0 Å². The number of rotatable bonds is 3. The average Bonchev–Trinajstić information content (AvgIpc) is 3.59. The Morgan fingerprint density at radius 2 is 1.12 bits per heavy atom. The summed E-state index contributed by atoms with van der Waals surface area (Å²) < 4.78 is 2.37. The van der Waals surface area contributed by atoms with Crippen molar-refractivity contribution in [1.29, 1.82) is 0 Å². The Hall–Kier alpha value is -5.67. The van der Waals surface area contributed by atoms with E-state index in [1.807, 2.05) is 6.07 Å². The van der Waals surface area contributed by atoms with Gasteiger partial charge in [-0.1, -0.05) is 84.9 Å². The fourth-order valence-electron chi connectivity index (χ4n) is 6.47.